The summed E-state index contributed by atoms with van der Waals surface area (Å²) in [5, 5.41) is 13.9. The van der Waals surface area contributed by atoms with Crippen LogP contribution in [0.25, 0.3) is 10.8 Å². The van der Waals surface area contributed by atoms with E-state index in [0.717, 1.165) is 21.4 Å². The number of fused-ring (bicyclic) bond motifs is 1. The number of aliphatic carboxylic acids is 1. The molecular formula is C20H19NO3S. The molecule has 0 spiro atoms. The zero-order valence-electron chi connectivity index (χ0n) is 13.9. The van der Waals surface area contributed by atoms with Gasteiger partial charge >= 0.3 is 5.97 Å². The number of ether oxygens (including phenoxy) is 1. The predicted octanol–water partition coefficient (Wildman–Crippen LogP) is 3.96. The average molecular weight is 353 g/mol. The van der Waals surface area contributed by atoms with Crippen molar-refractivity contribution in [3.63, 3.8) is 0 Å². The molecule has 1 aliphatic rings. The monoisotopic (exact) mass is 353 g/mol. The topological polar surface area (TPSA) is 49.8 Å². The number of carboxylic acid groups (broad SMARTS) is 1. The molecule has 5 heteroatoms. The van der Waals surface area contributed by atoms with Gasteiger partial charge in [0, 0.05) is 18.4 Å². The number of benzene rings is 2. The third kappa shape index (κ3) is 2.60. The van der Waals surface area contributed by atoms with Gasteiger partial charge in [0.05, 0.1) is 4.88 Å². The Kier molecular flexibility index (Phi) is 3.98. The van der Waals surface area contributed by atoms with Crippen LogP contribution in [0.2, 0.25) is 0 Å². The first-order valence-corrected chi connectivity index (χ1v) is 9.13. The Morgan fingerprint density at radius 3 is 2.76 bits per heavy atom. The molecule has 1 aromatic heterocycles. The average Bonchev–Trinajstić information content (AvgIpc) is 3.24. The molecule has 2 heterocycles. The lowest BCUT2D eigenvalue weighted by Gasteiger charge is -2.35. The van der Waals surface area contributed by atoms with Crippen molar-refractivity contribution >= 4 is 28.1 Å². The summed E-state index contributed by atoms with van der Waals surface area (Å²) in [5.74, 6) is -0.123. The van der Waals surface area contributed by atoms with Gasteiger partial charge in [0.25, 0.3) is 0 Å². The van der Waals surface area contributed by atoms with Crippen molar-refractivity contribution in [1.29, 1.82) is 0 Å². The van der Waals surface area contributed by atoms with Crippen LogP contribution in [-0.4, -0.2) is 35.6 Å². The van der Waals surface area contributed by atoms with Crippen LogP contribution < -0.4 is 4.74 Å². The van der Waals surface area contributed by atoms with Crippen LogP contribution >= 0.6 is 11.3 Å². The highest BCUT2D eigenvalue weighted by atomic mass is 32.1. The molecule has 4 rings (SSSR count). The van der Waals surface area contributed by atoms with Gasteiger partial charge in [0.1, 0.15) is 5.75 Å². The molecule has 0 amide bonds. The number of carbonyl (C=O) groups is 1. The zero-order chi connectivity index (χ0) is 17.4. The Hall–Kier alpha value is -2.37. The van der Waals surface area contributed by atoms with Gasteiger partial charge in [-0.1, -0.05) is 42.5 Å². The molecule has 0 radical (unpaired) electrons. The molecule has 4 nitrogen and oxygen atoms in total. The van der Waals surface area contributed by atoms with Gasteiger partial charge in [-0.15, -0.1) is 11.3 Å². The van der Waals surface area contributed by atoms with Crippen molar-refractivity contribution in [3.05, 3.63) is 64.9 Å². The van der Waals surface area contributed by atoms with Crippen LogP contribution in [0.3, 0.4) is 0 Å². The second-order valence-corrected chi connectivity index (χ2v) is 7.37. The summed E-state index contributed by atoms with van der Waals surface area (Å²) in [6.45, 7) is 0.680. The maximum atomic E-state index is 12.1. The van der Waals surface area contributed by atoms with Crippen molar-refractivity contribution in [2.75, 3.05) is 13.6 Å². The lowest BCUT2D eigenvalue weighted by atomic mass is 9.91. The second-order valence-electron chi connectivity index (χ2n) is 6.42. The van der Waals surface area contributed by atoms with Gasteiger partial charge in [-0.25, -0.2) is 0 Å². The molecule has 1 fully saturated rings. The molecule has 128 valence electrons. The fraction of sp³-hybridized carbons (Fsp3) is 0.250. The van der Waals surface area contributed by atoms with E-state index >= 15 is 0 Å². The fourth-order valence-corrected chi connectivity index (χ4v) is 4.68. The Balaban J connectivity index is 1.87. The number of hydrogen-bond acceptors (Lipinski definition) is 4. The smallest absolute Gasteiger partial charge is 0.325 e. The fourth-order valence-electron chi connectivity index (χ4n) is 3.77. The van der Waals surface area contributed by atoms with E-state index in [9.17, 15) is 9.90 Å². The molecule has 25 heavy (non-hydrogen) atoms. The normalized spacial score (nSPS) is 23.8. The van der Waals surface area contributed by atoms with E-state index in [4.69, 9.17) is 4.74 Å². The first kappa shape index (κ1) is 16.1. The van der Waals surface area contributed by atoms with Crippen molar-refractivity contribution < 1.29 is 14.6 Å². The molecule has 3 aromatic rings. The zero-order valence-corrected chi connectivity index (χ0v) is 14.7. The molecule has 0 aliphatic carbocycles. The number of hydrogen-bond donors (Lipinski definition) is 1. The van der Waals surface area contributed by atoms with Crippen LogP contribution in [0.4, 0.5) is 0 Å². The van der Waals surface area contributed by atoms with Crippen LogP contribution in [0, 0.1) is 0 Å². The van der Waals surface area contributed by atoms with E-state index in [-0.39, 0.29) is 0 Å². The molecule has 0 bridgehead atoms. The van der Waals surface area contributed by atoms with E-state index in [1.54, 1.807) is 11.3 Å². The number of carboxylic acids is 1. The van der Waals surface area contributed by atoms with Crippen LogP contribution in [0.15, 0.2) is 60.0 Å². The van der Waals surface area contributed by atoms with Gasteiger partial charge in [0.2, 0.25) is 0 Å². The summed E-state index contributed by atoms with van der Waals surface area (Å²) in [4.78, 5) is 14.9. The van der Waals surface area contributed by atoms with E-state index < -0.39 is 17.6 Å². The Morgan fingerprint density at radius 1 is 1.20 bits per heavy atom. The molecule has 0 saturated carbocycles. The van der Waals surface area contributed by atoms with Crippen LogP contribution in [-0.2, 0) is 10.4 Å². The SMILES string of the molecule is CN1CCC(Oc2cccc3ccccc23)(c2cccs2)[C@H]1C(=O)O. The molecule has 1 N–H and O–H groups in total. The highest BCUT2D eigenvalue weighted by molar-refractivity contribution is 7.10. The minimum atomic E-state index is -0.876. The summed E-state index contributed by atoms with van der Waals surface area (Å²) in [6, 6.07) is 17.1. The number of likely N-dealkylation sites (N-methyl/N-ethyl adjacent to an activating group) is 1. The van der Waals surface area contributed by atoms with Crippen LogP contribution in [0.1, 0.15) is 11.3 Å². The van der Waals surface area contributed by atoms with Crippen LogP contribution in [0.5, 0.6) is 5.75 Å². The van der Waals surface area contributed by atoms with Gasteiger partial charge < -0.3 is 9.84 Å². The largest absolute Gasteiger partial charge is 0.480 e. The van der Waals surface area contributed by atoms with Gasteiger partial charge in [0.15, 0.2) is 11.6 Å². The van der Waals surface area contributed by atoms with E-state index in [2.05, 4.69) is 0 Å². The lowest BCUT2D eigenvalue weighted by molar-refractivity contribution is -0.148. The third-order valence-electron chi connectivity index (χ3n) is 4.93. The van der Waals surface area contributed by atoms with Crippen molar-refractivity contribution in [2.45, 2.75) is 18.1 Å². The summed E-state index contributed by atoms with van der Waals surface area (Å²) in [5.41, 5.74) is -0.876. The van der Waals surface area contributed by atoms with Crippen molar-refractivity contribution in [2.24, 2.45) is 0 Å². The Labute approximate surface area is 150 Å². The number of nitrogens with zero attached hydrogens (tertiary/aromatic N) is 1. The Bertz CT molecular complexity index is 903. The standard InChI is InChI=1S/C20H19NO3S/c1-21-12-11-20(18(21)19(22)23,17-10-5-13-25-17)24-16-9-4-7-14-6-2-3-8-15(14)16/h2-10,13,18H,11-12H2,1H3,(H,22,23)/t18-,20?/m1/s1. The first-order chi connectivity index (χ1) is 12.1. The number of thiophene rings is 1. The van der Waals surface area contributed by atoms with Crippen molar-refractivity contribution in [3.8, 4) is 5.75 Å². The maximum Gasteiger partial charge on any atom is 0.325 e. The number of likely N-dealkylation sites (tertiary alicyclic amines) is 1. The summed E-state index contributed by atoms with van der Waals surface area (Å²) < 4.78 is 6.55. The summed E-state index contributed by atoms with van der Waals surface area (Å²) >= 11 is 1.55. The number of rotatable bonds is 4. The molecule has 2 aromatic carbocycles. The summed E-state index contributed by atoms with van der Waals surface area (Å²) in [7, 11) is 1.85. The Morgan fingerprint density at radius 2 is 2.00 bits per heavy atom. The van der Waals surface area contributed by atoms with E-state index in [1.165, 1.54) is 0 Å². The third-order valence-corrected chi connectivity index (χ3v) is 5.96. The predicted molar refractivity (Wildman–Crippen MR) is 99.2 cm³/mol. The maximum absolute atomic E-state index is 12.1. The molecule has 1 unspecified atom stereocenters. The molecule has 2 atom stereocenters. The quantitative estimate of drug-likeness (QED) is 0.771. The van der Waals surface area contributed by atoms with Crippen molar-refractivity contribution in [1.82, 2.24) is 4.90 Å². The lowest BCUT2D eigenvalue weighted by Crippen LogP contribution is -2.50. The van der Waals surface area contributed by atoms with E-state index in [0.29, 0.717) is 13.0 Å². The van der Waals surface area contributed by atoms with Gasteiger partial charge in [-0.05, 0) is 29.9 Å². The van der Waals surface area contributed by atoms with Gasteiger partial charge in [-0.2, -0.15) is 0 Å². The van der Waals surface area contributed by atoms with Gasteiger partial charge in [-0.3, -0.25) is 9.69 Å². The minimum Gasteiger partial charge on any atom is -0.480 e. The first-order valence-electron chi connectivity index (χ1n) is 8.26. The molecule has 1 saturated heterocycles. The minimum absolute atomic E-state index is 0.643. The van der Waals surface area contributed by atoms with E-state index in [1.807, 2.05) is 71.9 Å². The highest BCUT2D eigenvalue weighted by Crippen LogP contribution is 2.44. The highest BCUT2D eigenvalue weighted by Gasteiger charge is 2.54. The molecular weight excluding hydrogens is 334 g/mol. The summed E-state index contributed by atoms with van der Waals surface area (Å²) in [6.07, 6.45) is 0.643. The second kappa shape index (κ2) is 6.17. The molecule has 1 aliphatic heterocycles.